The molecule has 0 aliphatic carbocycles. The van der Waals surface area contributed by atoms with Crippen LogP contribution in [0.5, 0.6) is 0 Å². The van der Waals surface area contributed by atoms with Crippen molar-refractivity contribution in [2.45, 2.75) is 19.4 Å². The van der Waals surface area contributed by atoms with Gasteiger partial charge in [-0.1, -0.05) is 0 Å². The summed E-state index contributed by atoms with van der Waals surface area (Å²) in [6, 6.07) is 3.62. The number of likely N-dealkylation sites (tertiary alicyclic amines) is 1. The van der Waals surface area contributed by atoms with Crippen LogP contribution in [0.2, 0.25) is 0 Å². The highest BCUT2D eigenvalue weighted by molar-refractivity contribution is 7.13. The van der Waals surface area contributed by atoms with Crippen molar-refractivity contribution >= 4 is 23.2 Å². The molecule has 0 bridgehead atoms. The molecule has 1 aromatic rings. The van der Waals surface area contributed by atoms with Crippen molar-refractivity contribution in [3.63, 3.8) is 0 Å². The standard InChI is InChI=1S/C12H16N2O3S/c1-8-2-3-10(18-8)12(17)13-6-11(16)14-5-4-9(15)7-14/h2-3,9,15H,4-7H2,1H3,(H,13,17). The molecule has 0 aromatic carbocycles. The minimum Gasteiger partial charge on any atom is -0.391 e. The number of aliphatic hydroxyl groups excluding tert-OH is 1. The Labute approximate surface area is 109 Å². The summed E-state index contributed by atoms with van der Waals surface area (Å²) in [6.07, 6.45) is 0.189. The molecule has 0 saturated carbocycles. The Morgan fingerprint density at radius 1 is 1.56 bits per heavy atom. The first kappa shape index (κ1) is 13.0. The number of aliphatic hydroxyl groups is 1. The van der Waals surface area contributed by atoms with Crippen molar-refractivity contribution in [1.29, 1.82) is 0 Å². The second kappa shape index (κ2) is 5.49. The zero-order valence-corrected chi connectivity index (χ0v) is 11.0. The van der Waals surface area contributed by atoms with E-state index < -0.39 is 6.10 Å². The summed E-state index contributed by atoms with van der Waals surface area (Å²) in [6.45, 7) is 2.85. The number of amides is 2. The summed E-state index contributed by atoms with van der Waals surface area (Å²) in [5.74, 6) is -0.366. The highest BCUT2D eigenvalue weighted by Crippen LogP contribution is 2.14. The smallest absolute Gasteiger partial charge is 0.261 e. The number of carbonyl (C=O) groups is 2. The van der Waals surface area contributed by atoms with Gasteiger partial charge in [-0.25, -0.2) is 0 Å². The van der Waals surface area contributed by atoms with E-state index in [-0.39, 0.29) is 18.4 Å². The van der Waals surface area contributed by atoms with Crippen molar-refractivity contribution in [3.8, 4) is 0 Å². The summed E-state index contributed by atoms with van der Waals surface area (Å²) in [5.41, 5.74) is 0. The number of thiophene rings is 1. The third kappa shape index (κ3) is 3.08. The van der Waals surface area contributed by atoms with E-state index in [0.717, 1.165) is 4.88 Å². The maximum absolute atomic E-state index is 11.7. The van der Waals surface area contributed by atoms with Gasteiger partial charge in [-0.2, -0.15) is 0 Å². The van der Waals surface area contributed by atoms with Gasteiger partial charge >= 0.3 is 0 Å². The van der Waals surface area contributed by atoms with Crippen LogP contribution in [0.4, 0.5) is 0 Å². The number of hydrogen-bond donors (Lipinski definition) is 2. The van der Waals surface area contributed by atoms with Crippen molar-refractivity contribution in [1.82, 2.24) is 10.2 Å². The molecule has 0 spiro atoms. The molecule has 18 heavy (non-hydrogen) atoms. The fraction of sp³-hybridized carbons (Fsp3) is 0.500. The van der Waals surface area contributed by atoms with Gasteiger partial charge in [0.25, 0.3) is 5.91 Å². The van der Waals surface area contributed by atoms with E-state index in [9.17, 15) is 14.7 Å². The van der Waals surface area contributed by atoms with Crippen LogP contribution in [-0.2, 0) is 4.79 Å². The molecule has 1 saturated heterocycles. The number of aryl methyl sites for hydroxylation is 1. The minimum absolute atomic E-state index is 0.0114. The Bertz CT molecular complexity index is 458. The fourth-order valence-corrected chi connectivity index (χ4v) is 2.66. The molecule has 2 heterocycles. The largest absolute Gasteiger partial charge is 0.391 e. The van der Waals surface area contributed by atoms with E-state index in [1.54, 1.807) is 11.0 Å². The molecule has 6 heteroatoms. The van der Waals surface area contributed by atoms with Gasteiger partial charge in [0.05, 0.1) is 17.5 Å². The van der Waals surface area contributed by atoms with E-state index in [0.29, 0.717) is 24.4 Å². The Morgan fingerprint density at radius 2 is 2.33 bits per heavy atom. The van der Waals surface area contributed by atoms with Crippen LogP contribution in [0.3, 0.4) is 0 Å². The fourth-order valence-electron chi connectivity index (χ4n) is 1.88. The van der Waals surface area contributed by atoms with Crippen molar-refractivity contribution in [2.75, 3.05) is 19.6 Å². The number of nitrogens with one attached hydrogen (secondary N) is 1. The summed E-state index contributed by atoms with van der Waals surface area (Å²) in [7, 11) is 0. The average Bonchev–Trinajstić information content (AvgIpc) is 2.94. The van der Waals surface area contributed by atoms with Crippen LogP contribution in [0.1, 0.15) is 21.0 Å². The van der Waals surface area contributed by atoms with Gasteiger partial charge in [0, 0.05) is 18.0 Å². The molecule has 2 rings (SSSR count). The third-order valence-corrected chi connectivity index (χ3v) is 3.88. The quantitative estimate of drug-likeness (QED) is 0.832. The van der Waals surface area contributed by atoms with Crippen LogP contribution < -0.4 is 5.32 Å². The lowest BCUT2D eigenvalue weighted by molar-refractivity contribution is -0.129. The van der Waals surface area contributed by atoms with Crippen molar-refractivity contribution < 1.29 is 14.7 Å². The van der Waals surface area contributed by atoms with Crippen LogP contribution in [0, 0.1) is 6.92 Å². The van der Waals surface area contributed by atoms with Gasteiger partial charge in [-0.05, 0) is 25.5 Å². The Kier molecular flexibility index (Phi) is 3.98. The first-order valence-electron chi connectivity index (χ1n) is 5.87. The third-order valence-electron chi connectivity index (χ3n) is 2.88. The van der Waals surface area contributed by atoms with Gasteiger partial charge in [-0.3, -0.25) is 9.59 Å². The van der Waals surface area contributed by atoms with Gasteiger partial charge in [0.2, 0.25) is 5.91 Å². The van der Waals surface area contributed by atoms with Gasteiger partial charge in [0.1, 0.15) is 0 Å². The van der Waals surface area contributed by atoms with Gasteiger partial charge in [0.15, 0.2) is 0 Å². The summed E-state index contributed by atoms with van der Waals surface area (Å²) < 4.78 is 0. The summed E-state index contributed by atoms with van der Waals surface area (Å²) >= 11 is 1.40. The Hall–Kier alpha value is -1.40. The SMILES string of the molecule is Cc1ccc(C(=O)NCC(=O)N2CCC(O)C2)s1. The second-order valence-corrected chi connectivity index (χ2v) is 5.66. The highest BCUT2D eigenvalue weighted by Gasteiger charge is 2.24. The molecule has 2 N–H and O–H groups in total. The molecule has 1 unspecified atom stereocenters. The van der Waals surface area contributed by atoms with Crippen LogP contribution in [0.25, 0.3) is 0 Å². The molecule has 1 fully saturated rings. The summed E-state index contributed by atoms with van der Waals surface area (Å²) in [5, 5.41) is 11.9. The molecular weight excluding hydrogens is 252 g/mol. The number of hydrogen-bond acceptors (Lipinski definition) is 4. The molecule has 1 aliphatic heterocycles. The second-order valence-electron chi connectivity index (χ2n) is 4.38. The van der Waals surface area contributed by atoms with Crippen LogP contribution in [0.15, 0.2) is 12.1 Å². The number of β-amino-alcohol motifs (C(OH)–C–C–N with tert-alkyl or cyclic N) is 1. The molecule has 1 aliphatic rings. The van der Waals surface area contributed by atoms with Crippen molar-refractivity contribution in [3.05, 3.63) is 21.9 Å². The number of nitrogens with zero attached hydrogens (tertiary/aromatic N) is 1. The predicted molar refractivity (Wildman–Crippen MR) is 68.6 cm³/mol. The van der Waals surface area contributed by atoms with E-state index in [1.807, 2.05) is 13.0 Å². The molecule has 5 nitrogen and oxygen atoms in total. The lowest BCUT2D eigenvalue weighted by Gasteiger charge is -2.15. The van der Waals surface area contributed by atoms with E-state index in [2.05, 4.69) is 5.32 Å². The normalized spacial score (nSPS) is 19.0. The van der Waals surface area contributed by atoms with Gasteiger partial charge < -0.3 is 15.3 Å². The molecular formula is C12H16N2O3S. The molecule has 1 aromatic heterocycles. The highest BCUT2D eigenvalue weighted by atomic mass is 32.1. The van der Waals surface area contributed by atoms with Crippen molar-refractivity contribution in [2.24, 2.45) is 0 Å². The zero-order chi connectivity index (χ0) is 13.1. The molecule has 98 valence electrons. The average molecular weight is 268 g/mol. The zero-order valence-electron chi connectivity index (χ0n) is 10.2. The predicted octanol–water partition coefficient (Wildman–Crippen LogP) is 0.380. The lowest BCUT2D eigenvalue weighted by Crippen LogP contribution is -2.39. The number of rotatable bonds is 3. The van der Waals surface area contributed by atoms with Crippen LogP contribution >= 0.6 is 11.3 Å². The summed E-state index contributed by atoms with van der Waals surface area (Å²) in [4.78, 5) is 26.7. The topological polar surface area (TPSA) is 69.6 Å². The van der Waals surface area contributed by atoms with E-state index in [4.69, 9.17) is 0 Å². The first-order valence-corrected chi connectivity index (χ1v) is 6.68. The molecule has 1 atom stereocenters. The van der Waals surface area contributed by atoms with Gasteiger partial charge in [-0.15, -0.1) is 11.3 Å². The van der Waals surface area contributed by atoms with Crippen LogP contribution in [-0.4, -0.2) is 47.6 Å². The Morgan fingerprint density at radius 3 is 2.89 bits per heavy atom. The maximum atomic E-state index is 11.7. The monoisotopic (exact) mass is 268 g/mol. The first-order chi connectivity index (χ1) is 8.56. The maximum Gasteiger partial charge on any atom is 0.261 e. The minimum atomic E-state index is -0.426. The molecule has 2 amide bonds. The van der Waals surface area contributed by atoms with E-state index >= 15 is 0 Å². The number of carbonyl (C=O) groups excluding carboxylic acids is 2. The lowest BCUT2D eigenvalue weighted by atomic mass is 10.3. The molecule has 0 radical (unpaired) electrons. The van der Waals surface area contributed by atoms with E-state index in [1.165, 1.54) is 11.3 Å². The Balaban J connectivity index is 1.81.